The van der Waals surface area contributed by atoms with Gasteiger partial charge in [0.2, 0.25) is 5.91 Å². The SMILES string of the molecule is CN1CCN(C2CCN(c3ccccc3)CC2)C[C@]12CCNC(=O)CC2. The lowest BCUT2D eigenvalue weighted by Crippen LogP contribution is -2.63. The summed E-state index contributed by atoms with van der Waals surface area (Å²) in [6.45, 7) is 6.52. The third-order valence-electron chi connectivity index (χ3n) is 6.86. The van der Waals surface area contributed by atoms with Crippen LogP contribution >= 0.6 is 0 Å². The van der Waals surface area contributed by atoms with Crippen LogP contribution in [0.2, 0.25) is 0 Å². The molecule has 5 heteroatoms. The van der Waals surface area contributed by atoms with Gasteiger partial charge in [-0.05, 0) is 44.9 Å². The number of anilines is 1. The summed E-state index contributed by atoms with van der Waals surface area (Å²) in [4.78, 5) is 19.6. The number of para-hydroxylation sites is 1. The first-order valence-electron chi connectivity index (χ1n) is 10.2. The summed E-state index contributed by atoms with van der Waals surface area (Å²) >= 11 is 0. The lowest BCUT2D eigenvalue weighted by molar-refractivity contribution is -0.121. The van der Waals surface area contributed by atoms with E-state index in [1.165, 1.54) is 18.5 Å². The highest BCUT2D eigenvalue weighted by Gasteiger charge is 2.42. The largest absolute Gasteiger partial charge is 0.371 e. The van der Waals surface area contributed by atoms with Gasteiger partial charge in [-0.1, -0.05) is 18.2 Å². The molecule has 26 heavy (non-hydrogen) atoms. The van der Waals surface area contributed by atoms with Crippen molar-refractivity contribution in [2.75, 3.05) is 51.2 Å². The van der Waals surface area contributed by atoms with E-state index >= 15 is 0 Å². The Hall–Kier alpha value is -1.59. The first-order valence-corrected chi connectivity index (χ1v) is 10.2. The van der Waals surface area contributed by atoms with E-state index in [-0.39, 0.29) is 11.4 Å². The van der Waals surface area contributed by atoms with Gasteiger partial charge in [0.1, 0.15) is 0 Å². The van der Waals surface area contributed by atoms with Crippen molar-refractivity contribution >= 4 is 11.6 Å². The molecule has 1 spiro atoms. The molecule has 0 aliphatic carbocycles. The molecule has 3 fully saturated rings. The van der Waals surface area contributed by atoms with E-state index in [0.717, 1.165) is 52.1 Å². The molecule has 0 bridgehead atoms. The fourth-order valence-electron chi connectivity index (χ4n) is 5.07. The number of nitrogens with one attached hydrogen (secondary N) is 1. The van der Waals surface area contributed by atoms with Crippen LogP contribution in [-0.4, -0.2) is 73.6 Å². The third-order valence-corrected chi connectivity index (χ3v) is 6.86. The minimum absolute atomic E-state index is 0.175. The van der Waals surface area contributed by atoms with Gasteiger partial charge in [0.25, 0.3) is 0 Å². The maximum Gasteiger partial charge on any atom is 0.220 e. The molecule has 142 valence electrons. The van der Waals surface area contributed by atoms with E-state index in [1.54, 1.807) is 0 Å². The number of nitrogens with zero attached hydrogens (tertiary/aromatic N) is 3. The lowest BCUT2D eigenvalue weighted by Gasteiger charge is -2.52. The van der Waals surface area contributed by atoms with Gasteiger partial charge in [0.15, 0.2) is 0 Å². The molecular weight excluding hydrogens is 324 g/mol. The molecule has 3 aliphatic rings. The van der Waals surface area contributed by atoms with Gasteiger partial charge in [-0.15, -0.1) is 0 Å². The number of carbonyl (C=O) groups is 1. The van der Waals surface area contributed by atoms with Crippen molar-refractivity contribution in [1.29, 1.82) is 0 Å². The second-order valence-electron chi connectivity index (χ2n) is 8.27. The van der Waals surface area contributed by atoms with Crippen LogP contribution < -0.4 is 10.2 Å². The van der Waals surface area contributed by atoms with E-state index in [1.807, 2.05) is 0 Å². The summed E-state index contributed by atoms with van der Waals surface area (Å²) in [6.07, 6.45) is 5.23. The summed E-state index contributed by atoms with van der Waals surface area (Å²) in [6, 6.07) is 11.5. The summed E-state index contributed by atoms with van der Waals surface area (Å²) in [5.74, 6) is 0.226. The van der Waals surface area contributed by atoms with E-state index in [9.17, 15) is 4.79 Å². The molecule has 0 unspecified atom stereocenters. The van der Waals surface area contributed by atoms with Crippen molar-refractivity contribution in [3.8, 4) is 0 Å². The molecule has 0 saturated carbocycles. The van der Waals surface area contributed by atoms with Gasteiger partial charge >= 0.3 is 0 Å². The van der Waals surface area contributed by atoms with Gasteiger partial charge in [0, 0.05) is 63.0 Å². The van der Waals surface area contributed by atoms with Crippen LogP contribution in [0.4, 0.5) is 5.69 Å². The Kier molecular flexibility index (Phi) is 5.18. The molecule has 1 amide bonds. The maximum absolute atomic E-state index is 11.8. The zero-order valence-electron chi connectivity index (χ0n) is 16.0. The van der Waals surface area contributed by atoms with Gasteiger partial charge in [-0.2, -0.15) is 0 Å². The Morgan fingerprint density at radius 2 is 1.81 bits per heavy atom. The molecule has 1 aromatic rings. The predicted octanol–water partition coefficient (Wildman–Crippen LogP) is 1.94. The fourth-order valence-corrected chi connectivity index (χ4v) is 5.07. The summed E-state index contributed by atoms with van der Waals surface area (Å²) in [5, 5.41) is 3.06. The number of rotatable bonds is 2. The number of hydrogen-bond donors (Lipinski definition) is 1. The Morgan fingerprint density at radius 1 is 1.04 bits per heavy atom. The van der Waals surface area contributed by atoms with Crippen molar-refractivity contribution in [3.63, 3.8) is 0 Å². The molecule has 0 aromatic heterocycles. The van der Waals surface area contributed by atoms with Crippen LogP contribution in [0.5, 0.6) is 0 Å². The molecule has 1 aromatic carbocycles. The molecule has 3 heterocycles. The first-order chi connectivity index (χ1) is 12.7. The summed E-state index contributed by atoms with van der Waals surface area (Å²) in [7, 11) is 2.26. The average molecular weight is 357 g/mol. The highest BCUT2D eigenvalue weighted by atomic mass is 16.1. The highest BCUT2D eigenvalue weighted by molar-refractivity contribution is 5.76. The quantitative estimate of drug-likeness (QED) is 0.879. The highest BCUT2D eigenvalue weighted by Crippen LogP contribution is 2.33. The minimum atomic E-state index is 0.175. The van der Waals surface area contributed by atoms with Crippen LogP contribution in [0.1, 0.15) is 32.1 Å². The molecule has 5 nitrogen and oxygen atoms in total. The molecule has 1 N–H and O–H groups in total. The Bertz CT molecular complexity index is 614. The van der Waals surface area contributed by atoms with E-state index in [0.29, 0.717) is 12.5 Å². The number of likely N-dealkylation sites (N-methyl/N-ethyl adjacent to an activating group) is 1. The van der Waals surface area contributed by atoms with Crippen molar-refractivity contribution in [2.24, 2.45) is 0 Å². The van der Waals surface area contributed by atoms with Gasteiger partial charge in [-0.25, -0.2) is 0 Å². The topological polar surface area (TPSA) is 38.8 Å². The molecule has 4 rings (SSSR count). The smallest absolute Gasteiger partial charge is 0.220 e. The number of carbonyl (C=O) groups excluding carboxylic acids is 1. The summed E-state index contributed by atoms with van der Waals surface area (Å²) in [5.41, 5.74) is 1.53. The lowest BCUT2D eigenvalue weighted by atomic mass is 9.85. The standard InChI is InChI=1S/C21H32N4O/c1-23-15-16-25(17-21(23)10-7-20(26)22-12-11-21)19-8-13-24(14-9-19)18-5-3-2-4-6-18/h2-6,19H,7-17H2,1H3,(H,22,26)/t21-/m0/s1. The van der Waals surface area contributed by atoms with Crippen molar-refractivity contribution in [2.45, 2.75) is 43.7 Å². The van der Waals surface area contributed by atoms with Crippen LogP contribution in [-0.2, 0) is 4.79 Å². The molecular formula is C21H32N4O. The Morgan fingerprint density at radius 3 is 2.58 bits per heavy atom. The van der Waals surface area contributed by atoms with E-state index in [4.69, 9.17) is 0 Å². The molecule has 3 saturated heterocycles. The number of benzene rings is 1. The number of amides is 1. The van der Waals surface area contributed by atoms with E-state index < -0.39 is 0 Å². The zero-order valence-corrected chi connectivity index (χ0v) is 16.0. The van der Waals surface area contributed by atoms with Crippen LogP contribution in [0.15, 0.2) is 30.3 Å². The fraction of sp³-hybridized carbons (Fsp3) is 0.667. The molecule has 3 aliphatic heterocycles. The number of hydrogen-bond acceptors (Lipinski definition) is 4. The first kappa shape index (κ1) is 17.8. The van der Waals surface area contributed by atoms with Crippen LogP contribution in [0.3, 0.4) is 0 Å². The molecule has 1 atom stereocenters. The predicted molar refractivity (Wildman–Crippen MR) is 105 cm³/mol. The van der Waals surface area contributed by atoms with E-state index in [2.05, 4.69) is 57.4 Å². The monoisotopic (exact) mass is 356 g/mol. The second kappa shape index (κ2) is 7.57. The number of piperidine rings is 1. The Labute approximate surface area is 157 Å². The van der Waals surface area contributed by atoms with Crippen LogP contribution in [0, 0.1) is 0 Å². The minimum Gasteiger partial charge on any atom is -0.371 e. The Balaban J connectivity index is 1.39. The van der Waals surface area contributed by atoms with Gasteiger partial charge in [-0.3, -0.25) is 14.6 Å². The summed E-state index contributed by atoms with van der Waals surface area (Å²) < 4.78 is 0. The van der Waals surface area contributed by atoms with Crippen molar-refractivity contribution in [1.82, 2.24) is 15.1 Å². The number of piperazine rings is 1. The van der Waals surface area contributed by atoms with Gasteiger partial charge < -0.3 is 10.2 Å². The second-order valence-corrected chi connectivity index (χ2v) is 8.27. The van der Waals surface area contributed by atoms with Gasteiger partial charge in [0.05, 0.1) is 0 Å². The third kappa shape index (κ3) is 3.60. The van der Waals surface area contributed by atoms with Crippen LogP contribution in [0.25, 0.3) is 0 Å². The molecule has 0 radical (unpaired) electrons. The van der Waals surface area contributed by atoms with Crippen molar-refractivity contribution < 1.29 is 4.79 Å². The maximum atomic E-state index is 11.8. The normalized spacial score (nSPS) is 29.6. The van der Waals surface area contributed by atoms with Crippen molar-refractivity contribution in [3.05, 3.63) is 30.3 Å². The zero-order chi connectivity index (χ0) is 18.0. The average Bonchev–Trinajstić information content (AvgIpc) is 2.87.